The summed E-state index contributed by atoms with van der Waals surface area (Å²) in [5, 5.41) is 0. The van der Waals surface area contributed by atoms with E-state index in [1.165, 1.54) is 11.1 Å². The Morgan fingerprint density at radius 2 is 1.13 bits per heavy atom. The molecule has 0 radical (unpaired) electrons. The Morgan fingerprint density at radius 1 is 0.867 bits per heavy atom. The second-order valence-electron chi connectivity index (χ2n) is 3.23. The fraction of sp³-hybridized carbons (Fsp3) is 0.167. The molecule has 0 aliphatic carbocycles. The molecule has 0 N–H and O–H groups in total. The Morgan fingerprint density at radius 3 is 1.40 bits per heavy atom. The molecule has 3 heteroatoms. The van der Waals surface area contributed by atoms with Crippen molar-refractivity contribution in [2.45, 2.75) is 12.8 Å². The minimum atomic E-state index is -0.826. The Hall–Kier alpha value is 0.163. The molecule has 0 spiro atoms. The van der Waals surface area contributed by atoms with Gasteiger partial charge in [-0.2, -0.15) is 35.4 Å². The molecular formula is C12H12Cl2Zr-2. The van der Waals surface area contributed by atoms with E-state index >= 15 is 0 Å². The standard InChI is InChI=1S/C12H12.2ClH.Zr/c1-10(11-6-2-3-7-11)12-8-4-5-9-12;;;/h2-10H,1H3;2*1H;/q-2;;;+2/p-2. The van der Waals surface area contributed by atoms with Crippen molar-refractivity contribution in [2.75, 3.05) is 0 Å². The number of rotatable bonds is 2. The third kappa shape index (κ3) is 4.27. The van der Waals surface area contributed by atoms with Crippen molar-refractivity contribution in [3.05, 3.63) is 59.7 Å². The van der Waals surface area contributed by atoms with Crippen LogP contribution in [0.3, 0.4) is 0 Å². The zero-order valence-corrected chi connectivity index (χ0v) is 12.4. The zero-order valence-electron chi connectivity index (χ0n) is 8.45. The number of hydrogen-bond donors (Lipinski definition) is 0. The molecule has 0 aliphatic rings. The van der Waals surface area contributed by atoms with E-state index in [-0.39, 0.29) is 0 Å². The number of halogens is 2. The maximum atomic E-state index is 4.93. The van der Waals surface area contributed by atoms with Gasteiger partial charge >= 0.3 is 37.9 Å². The summed E-state index contributed by atoms with van der Waals surface area (Å²) in [6.07, 6.45) is 0. The third-order valence-electron chi connectivity index (χ3n) is 2.38. The quantitative estimate of drug-likeness (QED) is 0.707. The van der Waals surface area contributed by atoms with Gasteiger partial charge in [0.25, 0.3) is 0 Å². The maximum absolute atomic E-state index is 4.93. The summed E-state index contributed by atoms with van der Waals surface area (Å²) in [6, 6.07) is 17.1. The van der Waals surface area contributed by atoms with Crippen molar-refractivity contribution >= 4 is 17.0 Å². The molecule has 0 nitrogen and oxygen atoms in total. The summed E-state index contributed by atoms with van der Waals surface area (Å²) in [7, 11) is 9.87. The normalized spacial score (nSPS) is 9.60. The van der Waals surface area contributed by atoms with Gasteiger partial charge in [-0.05, 0) is 0 Å². The summed E-state index contributed by atoms with van der Waals surface area (Å²) in [4.78, 5) is 0. The number of hydrogen-bond acceptors (Lipinski definition) is 0. The van der Waals surface area contributed by atoms with E-state index in [9.17, 15) is 0 Å². The fourth-order valence-electron chi connectivity index (χ4n) is 1.55. The van der Waals surface area contributed by atoms with E-state index in [0.717, 1.165) is 0 Å². The molecule has 0 heterocycles. The van der Waals surface area contributed by atoms with Crippen LogP contribution in [0.5, 0.6) is 0 Å². The summed E-state index contributed by atoms with van der Waals surface area (Å²) in [5.41, 5.74) is 2.81. The van der Waals surface area contributed by atoms with Crippen LogP contribution in [-0.4, -0.2) is 0 Å². The van der Waals surface area contributed by atoms with Gasteiger partial charge in [0.1, 0.15) is 0 Å². The van der Waals surface area contributed by atoms with Crippen LogP contribution in [0.2, 0.25) is 0 Å². The van der Waals surface area contributed by atoms with Gasteiger partial charge in [0.15, 0.2) is 0 Å². The second kappa shape index (κ2) is 7.44. The molecular weight excluding hydrogens is 306 g/mol. The van der Waals surface area contributed by atoms with Crippen molar-refractivity contribution in [3.63, 3.8) is 0 Å². The molecule has 2 rings (SSSR count). The third-order valence-corrected chi connectivity index (χ3v) is 2.38. The first kappa shape index (κ1) is 13.2. The van der Waals surface area contributed by atoms with Crippen LogP contribution in [0.4, 0.5) is 0 Å². The van der Waals surface area contributed by atoms with Gasteiger partial charge in [-0.15, -0.1) is 0 Å². The van der Waals surface area contributed by atoms with E-state index in [4.69, 9.17) is 17.0 Å². The van der Waals surface area contributed by atoms with E-state index in [1.54, 1.807) is 0 Å². The predicted octanol–water partition coefficient (Wildman–Crippen LogP) is 4.65. The molecule has 0 bridgehead atoms. The molecule has 15 heavy (non-hydrogen) atoms. The van der Waals surface area contributed by atoms with Gasteiger partial charge in [-0.3, -0.25) is 0 Å². The molecule has 0 amide bonds. The summed E-state index contributed by atoms with van der Waals surface area (Å²) in [6.45, 7) is 2.24. The van der Waals surface area contributed by atoms with E-state index in [1.807, 2.05) is 0 Å². The molecule has 2 aromatic carbocycles. The van der Waals surface area contributed by atoms with Crippen LogP contribution < -0.4 is 0 Å². The molecule has 0 saturated carbocycles. The van der Waals surface area contributed by atoms with Crippen LogP contribution in [0.25, 0.3) is 0 Å². The summed E-state index contributed by atoms with van der Waals surface area (Å²) < 4.78 is 0. The van der Waals surface area contributed by atoms with Gasteiger partial charge in [-0.1, -0.05) is 12.8 Å². The molecule has 0 aromatic heterocycles. The minimum absolute atomic E-state index is 0.537. The monoisotopic (exact) mass is 316 g/mol. The van der Waals surface area contributed by atoms with Gasteiger partial charge in [0, 0.05) is 0 Å². The summed E-state index contributed by atoms with van der Waals surface area (Å²) >= 11 is -0.826. The van der Waals surface area contributed by atoms with Gasteiger partial charge in [-0.25, -0.2) is 24.3 Å². The molecule has 0 aliphatic heterocycles. The first-order valence-electron chi connectivity index (χ1n) is 4.69. The van der Waals surface area contributed by atoms with E-state index in [2.05, 4.69) is 55.5 Å². The fourth-order valence-corrected chi connectivity index (χ4v) is 1.55. The van der Waals surface area contributed by atoms with Crippen molar-refractivity contribution in [1.82, 2.24) is 0 Å². The van der Waals surface area contributed by atoms with Crippen molar-refractivity contribution in [2.24, 2.45) is 0 Å². The van der Waals surface area contributed by atoms with Crippen LogP contribution in [0.1, 0.15) is 24.0 Å². The molecule has 0 saturated heterocycles. The van der Waals surface area contributed by atoms with Gasteiger partial charge in [0.05, 0.1) is 0 Å². The Kier molecular flexibility index (Phi) is 6.56. The summed E-state index contributed by atoms with van der Waals surface area (Å²) in [5.74, 6) is 0.537. The molecule has 2 aromatic rings. The van der Waals surface area contributed by atoms with E-state index in [0.29, 0.717) is 5.92 Å². The Labute approximate surface area is 110 Å². The van der Waals surface area contributed by atoms with Crippen molar-refractivity contribution < 1.29 is 20.8 Å². The first-order valence-corrected chi connectivity index (χ1v) is 11.0. The van der Waals surface area contributed by atoms with Crippen molar-refractivity contribution in [3.8, 4) is 0 Å². The first-order chi connectivity index (χ1) is 7.29. The Balaban J connectivity index is 0.000000337. The average Bonchev–Trinajstić information content (AvgIpc) is 2.92. The topological polar surface area (TPSA) is 0 Å². The molecule has 0 unspecified atom stereocenters. The molecule has 80 valence electrons. The SMILES string of the molecule is CC([c-]1cccc1)[c-]1cccc1.[Cl][Zr][Cl]. The van der Waals surface area contributed by atoms with Crippen molar-refractivity contribution in [1.29, 1.82) is 0 Å². The Bertz CT molecular complexity index is 303. The molecule has 0 fully saturated rings. The van der Waals surface area contributed by atoms with Gasteiger partial charge < -0.3 is 0 Å². The van der Waals surface area contributed by atoms with E-state index < -0.39 is 20.8 Å². The van der Waals surface area contributed by atoms with Crippen LogP contribution >= 0.6 is 17.0 Å². The predicted molar refractivity (Wildman–Crippen MR) is 63.3 cm³/mol. The average molecular weight is 318 g/mol. The molecule has 0 atom stereocenters. The van der Waals surface area contributed by atoms with Crippen LogP contribution in [0.15, 0.2) is 48.5 Å². The van der Waals surface area contributed by atoms with Crippen LogP contribution in [0, 0.1) is 0 Å². The van der Waals surface area contributed by atoms with Gasteiger partial charge in [0.2, 0.25) is 0 Å². The zero-order chi connectivity index (χ0) is 11.1. The van der Waals surface area contributed by atoms with Crippen LogP contribution in [-0.2, 0) is 20.8 Å². The second-order valence-corrected chi connectivity index (χ2v) is 6.96.